The molecule has 0 fully saturated rings. The van der Waals surface area contributed by atoms with Crippen LogP contribution in [0.2, 0.25) is 0 Å². The molecule has 1 heterocycles. The first-order valence-corrected chi connectivity index (χ1v) is 3.88. The monoisotopic (exact) mass is 147 g/mol. The van der Waals surface area contributed by atoms with E-state index in [0.29, 0.717) is 5.92 Å². The minimum absolute atomic E-state index is 0.502. The van der Waals surface area contributed by atoms with Gasteiger partial charge in [0.1, 0.15) is 0 Å². The fraction of sp³-hybridized carbons (Fsp3) is 0.300. The Labute approximate surface area is 67.8 Å². The molecule has 1 heteroatoms. The van der Waals surface area contributed by atoms with Gasteiger partial charge in [-0.15, -0.1) is 0 Å². The summed E-state index contributed by atoms with van der Waals surface area (Å²) in [5.41, 5.74) is 1.13. The van der Waals surface area contributed by atoms with Crippen LogP contribution in [0.25, 0.3) is 0 Å². The van der Waals surface area contributed by atoms with Gasteiger partial charge in [0.25, 0.3) is 0 Å². The van der Waals surface area contributed by atoms with Crippen LogP contribution in [0.1, 0.15) is 13.8 Å². The van der Waals surface area contributed by atoms with Crippen LogP contribution in [0.3, 0.4) is 0 Å². The zero-order chi connectivity index (χ0) is 8.10. The molecule has 0 saturated heterocycles. The van der Waals surface area contributed by atoms with Crippen molar-refractivity contribution < 1.29 is 0 Å². The summed E-state index contributed by atoms with van der Waals surface area (Å²) in [6.45, 7) is 4.28. The predicted molar refractivity (Wildman–Crippen MR) is 49.7 cm³/mol. The highest BCUT2D eigenvalue weighted by Gasteiger charge is 1.98. The van der Waals surface area contributed by atoms with E-state index in [1.807, 2.05) is 36.6 Å². The van der Waals surface area contributed by atoms with Crippen molar-refractivity contribution in [1.82, 2.24) is 0 Å². The Morgan fingerprint density at radius 2 is 1.82 bits per heavy atom. The highest BCUT2D eigenvalue weighted by Crippen LogP contribution is 2.01. The minimum atomic E-state index is 0.502. The molecule has 58 valence electrons. The summed E-state index contributed by atoms with van der Waals surface area (Å²) in [7, 11) is 0. The zero-order valence-corrected chi connectivity index (χ0v) is 6.99. The lowest BCUT2D eigenvalue weighted by atomic mass is 10.1. The fourth-order valence-corrected chi connectivity index (χ4v) is 0.846. The number of rotatable bonds is 1. The van der Waals surface area contributed by atoms with Crippen molar-refractivity contribution in [2.45, 2.75) is 13.8 Å². The predicted octanol–water partition coefficient (Wildman–Crippen LogP) is 2.72. The van der Waals surface area contributed by atoms with E-state index in [-0.39, 0.29) is 0 Å². The Bertz CT molecular complexity index is 229. The van der Waals surface area contributed by atoms with E-state index in [0.717, 1.165) is 5.71 Å². The van der Waals surface area contributed by atoms with Crippen LogP contribution in [0, 0.1) is 5.92 Å². The molecule has 0 aromatic rings. The Balaban J connectivity index is 2.78. The molecule has 0 amide bonds. The van der Waals surface area contributed by atoms with E-state index < -0.39 is 0 Å². The van der Waals surface area contributed by atoms with E-state index in [2.05, 4.69) is 18.8 Å². The molecule has 0 N–H and O–H groups in total. The van der Waals surface area contributed by atoms with Crippen molar-refractivity contribution in [3.63, 3.8) is 0 Å². The fourth-order valence-electron chi connectivity index (χ4n) is 0.846. The summed E-state index contributed by atoms with van der Waals surface area (Å²) in [4.78, 5) is 4.28. The van der Waals surface area contributed by atoms with Gasteiger partial charge in [-0.25, -0.2) is 0 Å². The molecule has 0 aromatic carbocycles. The topological polar surface area (TPSA) is 12.4 Å². The third-order valence-corrected chi connectivity index (χ3v) is 1.50. The van der Waals surface area contributed by atoms with Crippen molar-refractivity contribution in [2.75, 3.05) is 0 Å². The van der Waals surface area contributed by atoms with Gasteiger partial charge in [-0.05, 0) is 18.1 Å². The SMILES string of the molecule is CC(C)C1=N\C=C\C=C/C=C\1. The molecule has 0 spiro atoms. The first kappa shape index (κ1) is 7.99. The van der Waals surface area contributed by atoms with Crippen molar-refractivity contribution in [3.8, 4) is 0 Å². The van der Waals surface area contributed by atoms with Gasteiger partial charge in [0.2, 0.25) is 0 Å². The van der Waals surface area contributed by atoms with Crippen molar-refractivity contribution in [1.29, 1.82) is 0 Å². The lowest BCUT2D eigenvalue weighted by Gasteiger charge is -2.02. The average Bonchev–Trinajstić information content (AvgIpc) is 1.84. The molecule has 0 saturated carbocycles. The van der Waals surface area contributed by atoms with Crippen LogP contribution in [0.5, 0.6) is 0 Å². The standard InChI is InChI=1S/C10H13N/c1-9(2)10-7-5-3-4-6-8-11-10/h3-9H,1-2H3/b4-3-,5-3?,6-4?,7-5-,8-6+,10-7?,11-8?,11-10-. The molecule has 1 rings (SSSR count). The molecule has 0 radical (unpaired) electrons. The van der Waals surface area contributed by atoms with E-state index in [1.54, 1.807) is 0 Å². The van der Waals surface area contributed by atoms with Gasteiger partial charge >= 0.3 is 0 Å². The summed E-state index contributed by atoms with van der Waals surface area (Å²) in [6.07, 6.45) is 11.8. The number of aliphatic imine (C=N–C) groups is 1. The first-order valence-electron chi connectivity index (χ1n) is 3.88. The molecule has 0 unspecified atom stereocenters. The molecule has 1 aliphatic heterocycles. The van der Waals surface area contributed by atoms with Crippen LogP contribution in [0.15, 0.2) is 41.6 Å². The molecule has 11 heavy (non-hydrogen) atoms. The van der Waals surface area contributed by atoms with E-state index in [9.17, 15) is 0 Å². The van der Waals surface area contributed by atoms with Gasteiger partial charge < -0.3 is 0 Å². The smallest absolute Gasteiger partial charge is 0.0428 e. The maximum atomic E-state index is 4.28. The third-order valence-electron chi connectivity index (χ3n) is 1.50. The summed E-state index contributed by atoms with van der Waals surface area (Å²) in [5.74, 6) is 0.502. The summed E-state index contributed by atoms with van der Waals surface area (Å²) < 4.78 is 0. The van der Waals surface area contributed by atoms with E-state index in [4.69, 9.17) is 0 Å². The van der Waals surface area contributed by atoms with Crippen LogP contribution >= 0.6 is 0 Å². The summed E-state index contributed by atoms with van der Waals surface area (Å²) in [6, 6.07) is 0. The van der Waals surface area contributed by atoms with E-state index in [1.165, 1.54) is 0 Å². The van der Waals surface area contributed by atoms with Crippen LogP contribution in [-0.2, 0) is 0 Å². The van der Waals surface area contributed by atoms with Crippen LogP contribution in [0.4, 0.5) is 0 Å². The zero-order valence-electron chi connectivity index (χ0n) is 6.99. The number of hydrogen-bond donors (Lipinski definition) is 0. The maximum absolute atomic E-state index is 4.28. The summed E-state index contributed by atoms with van der Waals surface area (Å²) >= 11 is 0. The largest absolute Gasteiger partial charge is 0.261 e. The number of hydrogen-bond acceptors (Lipinski definition) is 1. The van der Waals surface area contributed by atoms with Gasteiger partial charge in [-0.1, -0.05) is 32.1 Å². The Morgan fingerprint density at radius 1 is 1.09 bits per heavy atom. The third kappa shape index (κ3) is 2.54. The second kappa shape index (κ2) is 3.91. The molecular weight excluding hydrogens is 134 g/mol. The van der Waals surface area contributed by atoms with Crippen molar-refractivity contribution >= 4 is 5.71 Å². The highest BCUT2D eigenvalue weighted by molar-refractivity contribution is 5.97. The second-order valence-electron chi connectivity index (χ2n) is 2.79. The lowest BCUT2D eigenvalue weighted by Crippen LogP contribution is -2.02. The maximum Gasteiger partial charge on any atom is 0.0428 e. The molecule has 0 atom stereocenters. The Hall–Kier alpha value is -1.11. The van der Waals surface area contributed by atoms with Gasteiger partial charge in [-0.3, -0.25) is 4.99 Å². The molecule has 0 bridgehead atoms. The van der Waals surface area contributed by atoms with E-state index >= 15 is 0 Å². The molecule has 1 aliphatic rings. The molecule has 1 nitrogen and oxygen atoms in total. The first-order chi connectivity index (χ1) is 5.30. The summed E-state index contributed by atoms with van der Waals surface area (Å²) in [5, 5.41) is 0. The van der Waals surface area contributed by atoms with Crippen molar-refractivity contribution in [2.24, 2.45) is 10.9 Å². The molecule has 0 aromatic heterocycles. The second-order valence-corrected chi connectivity index (χ2v) is 2.79. The Kier molecular flexibility index (Phi) is 2.84. The van der Waals surface area contributed by atoms with Crippen molar-refractivity contribution in [3.05, 3.63) is 36.6 Å². The van der Waals surface area contributed by atoms with Gasteiger partial charge in [0.15, 0.2) is 0 Å². The van der Waals surface area contributed by atoms with Gasteiger partial charge in [0.05, 0.1) is 0 Å². The lowest BCUT2D eigenvalue weighted by molar-refractivity contribution is 0.888. The van der Waals surface area contributed by atoms with Gasteiger partial charge in [0, 0.05) is 11.9 Å². The van der Waals surface area contributed by atoms with Crippen LogP contribution < -0.4 is 0 Å². The highest BCUT2D eigenvalue weighted by atomic mass is 14.7. The van der Waals surface area contributed by atoms with Gasteiger partial charge in [-0.2, -0.15) is 0 Å². The number of allylic oxidation sites excluding steroid dienone is 5. The number of nitrogens with zero attached hydrogens (tertiary/aromatic N) is 1. The average molecular weight is 147 g/mol. The quantitative estimate of drug-likeness (QED) is 0.540. The van der Waals surface area contributed by atoms with Crippen LogP contribution in [-0.4, -0.2) is 5.71 Å². The normalized spacial score (nSPS) is 29.9. The minimum Gasteiger partial charge on any atom is -0.261 e. The molecular formula is C10H13N. The Morgan fingerprint density at radius 3 is 2.55 bits per heavy atom. The molecule has 0 aliphatic carbocycles.